The summed E-state index contributed by atoms with van der Waals surface area (Å²) in [4.78, 5) is 6.79. The fraction of sp³-hybridized carbons (Fsp3) is 0.583. The molecule has 1 N–H and O–H groups in total. The zero-order chi connectivity index (χ0) is 11.8. The SMILES string of the molecule is Clc1cnc(N2C[C@@H]3CCCN[C@@H]3C2)c(Br)c1. The number of nitrogens with zero attached hydrogens (tertiary/aromatic N) is 2. The van der Waals surface area contributed by atoms with E-state index in [1.165, 1.54) is 12.8 Å². The summed E-state index contributed by atoms with van der Waals surface area (Å²) in [6.07, 6.45) is 4.35. The van der Waals surface area contributed by atoms with E-state index in [4.69, 9.17) is 11.6 Å². The minimum absolute atomic E-state index is 0.633. The number of nitrogens with one attached hydrogen (secondary N) is 1. The van der Waals surface area contributed by atoms with Crippen LogP contribution in [0.5, 0.6) is 0 Å². The summed E-state index contributed by atoms with van der Waals surface area (Å²) in [5.41, 5.74) is 0. The van der Waals surface area contributed by atoms with Crippen LogP contribution in [0.3, 0.4) is 0 Å². The average Bonchev–Trinajstić information content (AvgIpc) is 2.72. The van der Waals surface area contributed by atoms with Crippen LogP contribution in [0, 0.1) is 5.92 Å². The highest BCUT2D eigenvalue weighted by molar-refractivity contribution is 9.10. The van der Waals surface area contributed by atoms with Crippen LogP contribution in [-0.2, 0) is 0 Å². The largest absolute Gasteiger partial charge is 0.354 e. The van der Waals surface area contributed by atoms with Gasteiger partial charge in [0.1, 0.15) is 5.82 Å². The fourth-order valence-electron chi connectivity index (χ4n) is 2.86. The van der Waals surface area contributed by atoms with Crippen molar-refractivity contribution in [2.24, 2.45) is 5.92 Å². The minimum Gasteiger partial charge on any atom is -0.354 e. The highest BCUT2D eigenvalue weighted by Gasteiger charge is 2.35. The van der Waals surface area contributed by atoms with Crippen molar-refractivity contribution in [2.45, 2.75) is 18.9 Å². The highest BCUT2D eigenvalue weighted by Crippen LogP contribution is 2.32. The first-order chi connectivity index (χ1) is 8.24. The zero-order valence-corrected chi connectivity index (χ0v) is 11.8. The average molecular weight is 317 g/mol. The molecule has 3 rings (SSSR count). The third kappa shape index (κ3) is 2.30. The zero-order valence-electron chi connectivity index (χ0n) is 9.50. The molecule has 2 fully saturated rings. The maximum atomic E-state index is 5.92. The molecular formula is C12H15BrClN3. The number of halogens is 2. The van der Waals surface area contributed by atoms with Gasteiger partial charge in [-0.25, -0.2) is 4.98 Å². The van der Waals surface area contributed by atoms with E-state index >= 15 is 0 Å². The van der Waals surface area contributed by atoms with E-state index in [-0.39, 0.29) is 0 Å². The molecule has 2 saturated heterocycles. The van der Waals surface area contributed by atoms with E-state index in [1.807, 2.05) is 6.07 Å². The normalized spacial score (nSPS) is 28.2. The number of rotatable bonds is 1. The Balaban J connectivity index is 1.81. The molecule has 17 heavy (non-hydrogen) atoms. The number of aromatic nitrogens is 1. The van der Waals surface area contributed by atoms with Crippen LogP contribution >= 0.6 is 27.5 Å². The molecule has 3 nitrogen and oxygen atoms in total. The molecule has 2 atom stereocenters. The molecule has 0 aliphatic carbocycles. The lowest BCUT2D eigenvalue weighted by molar-refractivity contribution is 0.340. The molecule has 2 aliphatic rings. The third-order valence-corrected chi connectivity index (χ3v) is 4.48. The predicted octanol–water partition coefficient (Wildman–Crippen LogP) is 2.69. The lowest BCUT2D eigenvalue weighted by Crippen LogP contribution is -2.40. The Hall–Kier alpha value is -0.320. The maximum Gasteiger partial charge on any atom is 0.143 e. The van der Waals surface area contributed by atoms with E-state index in [0.717, 1.165) is 35.8 Å². The van der Waals surface area contributed by atoms with E-state index in [1.54, 1.807) is 6.20 Å². The molecule has 0 spiro atoms. The Kier molecular flexibility index (Phi) is 3.28. The summed E-state index contributed by atoms with van der Waals surface area (Å²) >= 11 is 9.47. The van der Waals surface area contributed by atoms with Gasteiger partial charge in [0.2, 0.25) is 0 Å². The predicted molar refractivity (Wildman–Crippen MR) is 73.7 cm³/mol. The Morgan fingerprint density at radius 1 is 1.47 bits per heavy atom. The van der Waals surface area contributed by atoms with Gasteiger partial charge in [0, 0.05) is 25.3 Å². The smallest absolute Gasteiger partial charge is 0.143 e. The first kappa shape index (κ1) is 11.8. The van der Waals surface area contributed by atoms with Crippen LogP contribution in [0.4, 0.5) is 5.82 Å². The van der Waals surface area contributed by atoms with Crippen LogP contribution in [0.2, 0.25) is 5.02 Å². The Bertz CT molecular complexity index is 412. The van der Waals surface area contributed by atoms with Gasteiger partial charge in [-0.3, -0.25) is 0 Å². The van der Waals surface area contributed by atoms with Gasteiger partial charge in [-0.05, 0) is 47.3 Å². The van der Waals surface area contributed by atoms with Gasteiger partial charge in [-0.1, -0.05) is 11.6 Å². The molecule has 1 aromatic heterocycles. The van der Waals surface area contributed by atoms with Gasteiger partial charge in [-0.2, -0.15) is 0 Å². The summed E-state index contributed by atoms with van der Waals surface area (Å²) in [7, 11) is 0. The van der Waals surface area contributed by atoms with Crippen LogP contribution in [0.15, 0.2) is 16.7 Å². The number of anilines is 1. The molecule has 5 heteroatoms. The van der Waals surface area contributed by atoms with Crippen molar-refractivity contribution >= 4 is 33.3 Å². The van der Waals surface area contributed by atoms with Gasteiger partial charge >= 0.3 is 0 Å². The second-order valence-corrected chi connectivity index (χ2v) is 6.12. The highest BCUT2D eigenvalue weighted by atomic mass is 79.9. The number of hydrogen-bond acceptors (Lipinski definition) is 3. The second kappa shape index (κ2) is 4.75. The number of hydrogen-bond donors (Lipinski definition) is 1. The van der Waals surface area contributed by atoms with Gasteiger partial charge in [-0.15, -0.1) is 0 Å². The Morgan fingerprint density at radius 3 is 3.12 bits per heavy atom. The van der Waals surface area contributed by atoms with E-state index < -0.39 is 0 Å². The fourth-order valence-corrected chi connectivity index (χ4v) is 3.75. The van der Waals surface area contributed by atoms with Crippen molar-refractivity contribution < 1.29 is 0 Å². The number of pyridine rings is 1. The van der Waals surface area contributed by atoms with Crippen LogP contribution < -0.4 is 10.2 Å². The Labute approximate surface area is 115 Å². The first-order valence-corrected chi connectivity index (χ1v) is 7.20. The topological polar surface area (TPSA) is 28.2 Å². The van der Waals surface area contributed by atoms with Crippen molar-refractivity contribution in [3.05, 3.63) is 21.8 Å². The number of piperidine rings is 1. The summed E-state index contributed by atoms with van der Waals surface area (Å²) in [6, 6.07) is 2.55. The first-order valence-electron chi connectivity index (χ1n) is 6.03. The molecule has 2 aliphatic heterocycles. The van der Waals surface area contributed by atoms with Crippen molar-refractivity contribution in [3.8, 4) is 0 Å². The van der Waals surface area contributed by atoms with Crippen molar-refractivity contribution in [2.75, 3.05) is 24.5 Å². The molecule has 92 valence electrons. The van der Waals surface area contributed by atoms with Crippen molar-refractivity contribution in [1.29, 1.82) is 0 Å². The van der Waals surface area contributed by atoms with Crippen LogP contribution in [-0.4, -0.2) is 30.7 Å². The molecule has 0 unspecified atom stereocenters. The summed E-state index contributed by atoms with van der Waals surface area (Å²) in [5.74, 6) is 1.79. The molecule has 0 aromatic carbocycles. The third-order valence-electron chi connectivity index (χ3n) is 3.69. The maximum absolute atomic E-state index is 5.92. The molecule has 0 radical (unpaired) electrons. The monoisotopic (exact) mass is 315 g/mol. The van der Waals surface area contributed by atoms with E-state index in [2.05, 4.69) is 31.1 Å². The minimum atomic E-state index is 0.633. The van der Waals surface area contributed by atoms with Gasteiger partial charge in [0.15, 0.2) is 0 Å². The molecule has 0 amide bonds. The van der Waals surface area contributed by atoms with Gasteiger partial charge in [0.05, 0.1) is 9.50 Å². The lowest BCUT2D eigenvalue weighted by Gasteiger charge is -2.24. The summed E-state index contributed by atoms with van der Waals surface area (Å²) in [6.45, 7) is 3.31. The van der Waals surface area contributed by atoms with Crippen LogP contribution in [0.1, 0.15) is 12.8 Å². The number of fused-ring (bicyclic) bond motifs is 1. The van der Waals surface area contributed by atoms with E-state index in [9.17, 15) is 0 Å². The molecule has 1 aromatic rings. The quantitative estimate of drug-likeness (QED) is 0.863. The van der Waals surface area contributed by atoms with Crippen molar-refractivity contribution in [1.82, 2.24) is 10.3 Å². The lowest BCUT2D eigenvalue weighted by atomic mass is 9.94. The molecule has 0 bridgehead atoms. The molecule has 0 saturated carbocycles. The van der Waals surface area contributed by atoms with Gasteiger partial charge in [0.25, 0.3) is 0 Å². The summed E-state index contributed by atoms with van der Waals surface area (Å²) < 4.78 is 0.989. The van der Waals surface area contributed by atoms with Crippen LogP contribution in [0.25, 0.3) is 0 Å². The second-order valence-electron chi connectivity index (χ2n) is 4.83. The molecular weight excluding hydrogens is 302 g/mol. The Morgan fingerprint density at radius 2 is 2.35 bits per heavy atom. The standard InChI is InChI=1S/C12H15BrClN3/c13-10-4-9(14)5-16-12(10)17-6-8-2-1-3-15-11(8)7-17/h4-5,8,11,15H,1-3,6-7H2/t8-,11+/m0/s1. The van der Waals surface area contributed by atoms with E-state index in [0.29, 0.717) is 11.1 Å². The van der Waals surface area contributed by atoms with Crippen molar-refractivity contribution in [3.63, 3.8) is 0 Å². The summed E-state index contributed by atoms with van der Waals surface area (Å²) in [5, 5.41) is 4.28. The van der Waals surface area contributed by atoms with Gasteiger partial charge < -0.3 is 10.2 Å². The molecule has 3 heterocycles.